The number of carbonyl (C=O) groups is 1. The van der Waals surface area contributed by atoms with Crippen molar-refractivity contribution < 1.29 is 33.0 Å². The van der Waals surface area contributed by atoms with Gasteiger partial charge in [0.05, 0.1) is 30.8 Å². The maximum Gasteiger partial charge on any atom is 0.331 e. The number of benzene rings is 1. The molecule has 0 aliphatic carbocycles. The first-order valence-corrected chi connectivity index (χ1v) is 19.7. The van der Waals surface area contributed by atoms with Crippen LogP contribution in [0.5, 0.6) is 17.2 Å². The SMILES string of the molecule is COc1cc(C=C(CCC(C)[SiH2]C(O[Si](C)(C)C)O[Si](C)(C)C)C(=O)O)cc(OC)c1OC. The molecule has 7 nitrogen and oxygen atoms in total. The monoisotopic (exact) mass is 514 g/mol. The van der Waals surface area contributed by atoms with Crippen LogP contribution < -0.4 is 14.2 Å². The van der Waals surface area contributed by atoms with Crippen molar-refractivity contribution in [2.75, 3.05) is 21.3 Å². The van der Waals surface area contributed by atoms with Crippen LogP contribution in [0, 0.1) is 0 Å². The Morgan fingerprint density at radius 2 is 1.45 bits per heavy atom. The molecule has 0 aliphatic heterocycles. The first-order chi connectivity index (χ1) is 15.2. The van der Waals surface area contributed by atoms with Gasteiger partial charge in [-0.2, -0.15) is 0 Å². The van der Waals surface area contributed by atoms with Crippen molar-refractivity contribution in [2.45, 2.75) is 70.5 Å². The smallest absolute Gasteiger partial charge is 0.331 e. The van der Waals surface area contributed by atoms with E-state index < -0.39 is 32.1 Å². The first kappa shape index (κ1) is 29.4. The molecule has 33 heavy (non-hydrogen) atoms. The predicted octanol–water partition coefficient (Wildman–Crippen LogP) is 4.92. The molecule has 1 aromatic carbocycles. The van der Waals surface area contributed by atoms with E-state index in [1.54, 1.807) is 18.2 Å². The molecule has 0 fully saturated rings. The topological polar surface area (TPSA) is 83.5 Å². The lowest BCUT2D eigenvalue weighted by atomic mass is 10.0. The van der Waals surface area contributed by atoms with E-state index in [4.69, 9.17) is 23.1 Å². The number of carboxylic acids is 1. The molecule has 0 bridgehead atoms. The van der Waals surface area contributed by atoms with Crippen molar-refractivity contribution in [3.05, 3.63) is 23.3 Å². The van der Waals surface area contributed by atoms with Crippen LogP contribution in [0.4, 0.5) is 0 Å². The zero-order valence-corrected chi connectivity index (χ0v) is 25.3. The molecule has 0 spiro atoms. The fraction of sp³-hybridized carbons (Fsp3) is 0.609. The van der Waals surface area contributed by atoms with Gasteiger partial charge >= 0.3 is 5.97 Å². The molecule has 0 heterocycles. The van der Waals surface area contributed by atoms with E-state index in [2.05, 4.69) is 46.2 Å². The Hall–Kier alpha value is -1.60. The van der Waals surface area contributed by atoms with Gasteiger partial charge in [0, 0.05) is 5.57 Å². The van der Waals surface area contributed by atoms with Crippen LogP contribution in [-0.4, -0.2) is 64.5 Å². The lowest BCUT2D eigenvalue weighted by molar-refractivity contribution is -0.132. The highest BCUT2D eigenvalue weighted by molar-refractivity contribution is 6.71. The number of hydrogen-bond donors (Lipinski definition) is 1. The first-order valence-electron chi connectivity index (χ1n) is 11.3. The summed E-state index contributed by atoms with van der Waals surface area (Å²) in [5, 5.41) is 9.81. The van der Waals surface area contributed by atoms with Crippen molar-refractivity contribution in [2.24, 2.45) is 0 Å². The molecule has 1 unspecified atom stereocenters. The lowest BCUT2D eigenvalue weighted by Crippen LogP contribution is -2.43. The van der Waals surface area contributed by atoms with E-state index in [0.29, 0.717) is 40.3 Å². The second-order valence-electron chi connectivity index (χ2n) is 10.2. The van der Waals surface area contributed by atoms with E-state index in [0.717, 1.165) is 6.42 Å². The Labute approximate surface area is 203 Å². The van der Waals surface area contributed by atoms with Gasteiger partial charge in [0.25, 0.3) is 0 Å². The van der Waals surface area contributed by atoms with Crippen molar-refractivity contribution in [1.82, 2.24) is 0 Å². The van der Waals surface area contributed by atoms with Gasteiger partial charge in [-0.15, -0.1) is 0 Å². The summed E-state index contributed by atoms with van der Waals surface area (Å²) in [5.74, 6) is 0.424. The number of rotatable bonds is 14. The number of ether oxygens (including phenoxy) is 3. The third-order valence-corrected chi connectivity index (χ3v) is 9.31. The third-order valence-electron chi connectivity index (χ3n) is 4.77. The average Bonchev–Trinajstić information content (AvgIpc) is 2.67. The summed E-state index contributed by atoms with van der Waals surface area (Å²) in [5.41, 5.74) is 1.41. The van der Waals surface area contributed by atoms with Gasteiger partial charge in [-0.3, -0.25) is 0 Å². The Kier molecular flexibility index (Phi) is 11.4. The Bertz CT molecular complexity index is 772. The summed E-state index contributed by atoms with van der Waals surface area (Å²) >= 11 is 0. The number of methoxy groups -OCH3 is 3. The molecule has 1 aromatic rings. The van der Waals surface area contributed by atoms with E-state index in [1.807, 2.05) is 0 Å². The zero-order valence-electron chi connectivity index (χ0n) is 21.9. The summed E-state index contributed by atoms with van der Waals surface area (Å²) in [6, 6.07) is 3.50. The molecular formula is C23H42O7Si3. The minimum absolute atomic E-state index is 0.106. The molecule has 0 amide bonds. The van der Waals surface area contributed by atoms with E-state index >= 15 is 0 Å². The summed E-state index contributed by atoms with van der Waals surface area (Å²) in [6.07, 6.45) is 2.91. The fourth-order valence-electron chi connectivity index (χ4n) is 3.38. The Morgan fingerprint density at radius 1 is 0.970 bits per heavy atom. The van der Waals surface area contributed by atoms with Gasteiger partial charge in [0.15, 0.2) is 28.1 Å². The minimum atomic E-state index is -1.73. The second kappa shape index (κ2) is 12.7. The lowest BCUT2D eigenvalue weighted by Gasteiger charge is -2.33. The molecule has 1 N–H and O–H groups in total. The van der Waals surface area contributed by atoms with Crippen LogP contribution in [0.15, 0.2) is 17.7 Å². The third kappa shape index (κ3) is 10.9. The van der Waals surface area contributed by atoms with Crippen LogP contribution in [0.3, 0.4) is 0 Å². The number of hydrogen-bond acceptors (Lipinski definition) is 6. The molecule has 0 saturated heterocycles. The molecule has 188 valence electrons. The van der Waals surface area contributed by atoms with Gasteiger partial charge in [-0.05, 0) is 81.4 Å². The highest BCUT2D eigenvalue weighted by Crippen LogP contribution is 2.39. The zero-order chi connectivity index (χ0) is 25.4. The van der Waals surface area contributed by atoms with Gasteiger partial charge in [-0.25, -0.2) is 4.79 Å². The molecule has 0 aromatic heterocycles. The quantitative estimate of drug-likeness (QED) is 0.214. The Morgan fingerprint density at radius 3 is 1.82 bits per heavy atom. The predicted molar refractivity (Wildman–Crippen MR) is 142 cm³/mol. The minimum Gasteiger partial charge on any atom is -0.493 e. The van der Waals surface area contributed by atoms with E-state index in [9.17, 15) is 9.90 Å². The molecule has 10 heteroatoms. The van der Waals surface area contributed by atoms with Crippen LogP contribution >= 0.6 is 0 Å². The molecule has 0 radical (unpaired) electrons. The molecule has 0 aliphatic rings. The number of carboxylic acid groups (broad SMARTS) is 1. The molecular weight excluding hydrogens is 473 g/mol. The van der Waals surface area contributed by atoms with Gasteiger partial charge < -0.3 is 28.2 Å². The standard InChI is InChI=1S/C23H42O7Si3/c1-16(31-23(29-32(5,6)7)30-33(8,9)10)11-12-18(22(24)25)13-17-14-19(26-2)21(28-4)20(15-17)27-3/h13-16,23H,11-12,31H2,1-10H3,(H,24,25). The average molecular weight is 515 g/mol. The van der Waals surface area contributed by atoms with Gasteiger partial charge in [-0.1, -0.05) is 6.92 Å². The normalized spacial score (nSPS) is 14.1. The summed E-state index contributed by atoms with van der Waals surface area (Å²) < 4.78 is 28.8. The van der Waals surface area contributed by atoms with Crippen LogP contribution in [0.1, 0.15) is 25.3 Å². The van der Waals surface area contributed by atoms with Crippen LogP contribution in [0.25, 0.3) is 6.08 Å². The maximum atomic E-state index is 12.0. The summed E-state index contributed by atoms with van der Waals surface area (Å²) in [6.45, 7) is 15.2. The second-order valence-corrected chi connectivity index (χ2v) is 21.7. The van der Waals surface area contributed by atoms with Gasteiger partial charge in [0.1, 0.15) is 5.91 Å². The largest absolute Gasteiger partial charge is 0.493 e. The van der Waals surface area contributed by atoms with E-state index in [1.165, 1.54) is 21.3 Å². The summed E-state index contributed by atoms with van der Waals surface area (Å²) in [4.78, 5) is 12.0. The fourth-order valence-corrected chi connectivity index (χ4v) is 10.0. The molecule has 1 rings (SSSR count). The van der Waals surface area contributed by atoms with Crippen molar-refractivity contribution in [3.8, 4) is 17.2 Å². The van der Waals surface area contributed by atoms with E-state index in [-0.39, 0.29) is 5.91 Å². The summed E-state index contributed by atoms with van der Waals surface area (Å²) in [7, 11) is 0.416. The Balaban J connectivity index is 3.00. The van der Waals surface area contributed by atoms with Crippen molar-refractivity contribution in [3.63, 3.8) is 0 Å². The highest BCUT2D eigenvalue weighted by atomic mass is 28.4. The van der Waals surface area contributed by atoms with Crippen LogP contribution in [0.2, 0.25) is 44.8 Å². The molecule has 0 saturated carbocycles. The van der Waals surface area contributed by atoms with Crippen molar-refractivity contribution in [1.29, 1.82) is 0 Å². The maximum absolute atomic E-state index is 12.0. The van der Waals surface area contributed by atoms with Gasteiger partial charge in [0.2, 0.25) is 5.75 Å². The van der Waals surface area contributed by atoms with Crippen LogP contribution in [-0.2, 0) is 13.6 Å². The number of aliphatic carboxylic acids is 1. The van der Waals surface area contributed by atoms with Crippen molar-refractivity contribution >= 4 is 38.2 Å². The molecule has 1 atom stereocenters. The highest BCUT2D eigenvalue weighted by Gasteiger charge is 2.28.